The lowest BCUT2D eigenvalue weighted by Crippen LogP contribution is -2.05. The first-order chi connectivity index (χ1) is 9.93. The van der Waals surface area contributed by atoms with Gasteiger partial charge in [0.25, 0.3) is 0 Å². The van der Waals surface area contributed by atoms with Crippen LogP contribution in [-0.2, 0) is 6.54 Å². The molecule has 0 amide bonds. The molecule has 0 fully saturated rings. The van der Waals surface area contributed by atoms with Crippen LogP contribution in [-0.4, -0.2) is 7.11 Å². The molecule has 0 unspecified atom stereocenters. The third-order valence-corrected chi connectivity index (χ3v) is 4.23. The van der Waals surface area contributed by atoms with E-state index in [4.69, 9.17) is 4.74 Å². The fourth-order valence-electron chi connectivity index (χ4n) is 2.73. The van der Waals surface area contributed by atoms with Crippen LogP contribution in [0.5, 0.6) is 5.75 Å². The normalized spacial score (nSPS) is 10.6. The van der Waals surface area contributed by atoms with Gasteiger partial charge in [-0.2, -0.15) is 0 Å². The summed E-state index contributed by atoms with van der Waals surface area (Å²) >= 11 is 0. The van der Waals surface area contributed by atoms with Crippen molar-refractivity contribution in [3.8, 4) is 5.75 Å². The standard InChI is InChI=1S/C19H25NO/c1-12-7-8-18(16(5)19(12)21-6)20-11-17-10-14(3)13(2)9-15(17)4/h7-10,20H,11H2,1-6H3. The minimum absolute atomic E-state index is 0.833. The smallest absolute Gasteiger partial charge is 0.126 e. The number of nitrogens with one attached hydrogen (secondary N) is 1. The summed E-state index contributed by atoms with van der Waals surface area (Å²) in [7, 11) is 1.73. The van der Waals surface area contributed by atoms with Crippen molar-refractivity contribution < 1.29 is 4.74 Å². The van der Waals surface area contributed by atoms with E-state index in [1.54, 1.807) is 7.11 Å². The van der Waals surface area contributed by atoms with Gasteiger partial charge in [-0.15, -0.1) is 0 Å². The summed E-state index contributed by atoms with van der Waals surface area (Å²) in [5.74, 6) is 0.969. The van der Waals surface area contributed by atoms with Crippen LogP contribution in [0.25, 0.3) is 0 Å². The number of ether oxygens (including phenoxy) is 1. The lowest BCUT2D eigenvalue weighted by molar-refractivity contribution is 0.409. The van der Waals surface area contributed by atoms with E-state index >= 15 is 0 Å². The summed E-state index contributed by atoms with van der Waals surface area (Å²) in [6.07, 6.45) is 0. The van der Waals surface area contributed by atoms with E-state index in [-0.39, 0.29) is 0 Å². The zero-order valence-electron chi connectivity index (χ0n) is 13.9. The third kappa shape index (κ3) is 3.21. The maximum atomic E-state index is 5.49. The van der Waals surface area contributed by atoms with Crippen molar-refractivity contribution in [2.75, 3.05) is 12.4 Å². The number of methoxy groups -OCH3 is 1. The molecule has 2 heteroatoms. The second kappa shape index (κ2) is 6.21. The Balaban J connectivity index is 2.23. The van der Waals surface area contributed by atoms with Gasteiger partial charge in [-0.05, 0) is 68.5 Å². The van der Waals surface area contributed by atoms with Crippen molar-refractivity contribution in [2.45, 2.75) is 41.2 Å². The lowest BCUT2D eigenvalue weighted by Gasteiger charge is -2.16. The van der Waals surface area contributed by atoms with Crippen molar-refractivity contribution in [1.82, 2.24) is 0 Å². The van der Waals surface area contributed by atoms with Crippen LogP contribution in [0.2, 0.25) is 0 Å². The summed E-state index contributed by atoms with van der Waals surface area (Å²) in [6, 6.07) is 8.76. The Bertz CT molecular complexity index is 659. The molecule has 2 nitrogen and oxygen atoms in total. The maximum Gasteiger partial charge on any atom is 0.126 e. The van der Waals surface area contributed by atoms with Crippen molar-refractivity contribution in [1.29, 1.82) is 0 Å². The molecule has 0 bridgehead atoms. The van der Waals surface area contributed by atoms with Crippen molar-refractivity contribution >= 4 is 5.69 Å². The molecule has 2 aromatic rings. The number of benzene rings is 2. The first-order valence-corrected chi connectivity index (χ1v) is 7.38. The van der Waals surface area contributed by atoms with Gasteiger partial charge in [0.1, 0.15) is 5.75 Å². The van der Waals surface area contributed by atoms with Gasteiger partial charge in [0, 0.05) is 17.8 Å². The highest BCUT2D eigenvalue weighted by Crippen LogP contribution is 2.29. The van der Waals surface area contributed by atoms with Gasteiger partial charge in [-0.1, -0.05) is 18.2 Å². The lowest BCUT2D eigenvalue weighted by atomic mass is 10.0. The van der Waals surface area contributed by atoms with E-state index < -0.39 is 0 Å². The predicted molar refractivity (Wildman–Crippen MR) is 90.4 cm³/mol. The van der Waals surface area contributed by atoms with E-state index in [0.717, 1.165) is 18.0 Å². The molecule has 0 aliphatic rings. The molecule has 0 radical (unpaired) electrons. The fourth-order valence-corrected chi connectivity index (χ4v) is 2.73. The van der Waals surface area contributed by atoms with Gasteiger partial charge in [0.2, 0.25) is 0 Å². The number of hydrogen-bond acceptors (Lipinski definition) is 2. The van der Waals surface area contributed by atoms with Gasteiger partial charge in [-0.3, -0.25) is 0 Å². The zero-order valence-corrected chi connectivity index (χ0v) is 13.9. The highest BCUT2D eigenvalue weighted by atomic mass is 16.5. The van der Waals surface area contributed by atoms with Crippen LogP contribution in [0, 0.1) is 34.6 Å². The van der Waals surface area contributed by atoms with E-state index in [9.17, 15) is 0 Å². The molecule has 0 aliphatic carbocycles. The first kappa shape index (κ1) is 15.4. The Morgan fingerprint density at radius 2 is 1.52 bits per heavy atom. The molecule has 0 saturated heterocycles. The molecular weight excluding hydrogens is 258 g/mol. The molecule has 21 heavy (non-hydrogen) atoms. The minimum atomic E-state index is 0.833. The average Bonchev–Trinajstić information content (AvgIpc) is 2.43. The first-order valence-electron chi connectivity index (χ1n) is 7.38. The molecule has 2 rings (SSSR count). The Labute approximate surface area is 128 Å². The molecule has 0 saturated carbocycles. The van der Waals surface area contributed by atoms with Gasteiger partial charge < -0.3 is 10.1 Å². The van der Waals surface area contributed by atoms with Crippen molar-refractivity contribution in [3.05, 3.63) is 57.6 Å². The molecule has 0 heterocycles. The second-order valence-corrected chi connectivity index (χ2v) is 5.80. The van der Waals surface area contributed by atoms with E-state index in [0.29, 0.717) is 0 Å². The zero-order chi connectivity index (χ0) is 15.6. The average molecular weight is 283 g/mol. The molecule has 112 valence electrons. The second-order valence-electron chi connectivity index (χ2n) is 5.80. The van der Waals surface area contributed by atoms with Crippen molar-refractivity contribution in [2.24, 2.45) is 0 Å². The number of aryl methyl sites for hydroxylation is 4. The molecular formula is C19H25NO. The summed E-state index contributed by atoms with van der Waals surface area (Å²) in [6.45, 7) is 11.5. The highest BCUT2D eigenvalue weighted by molar-refractivity contribution is 5.60. The predicted octanol–water partition coefficient (Wildman–Crippen LogP) is 4.85. The Morgan fingerprint density at radius 3 is 2.19 bits per heavy atom. The van der Waals surface area contributed by atoms with Crippen LogP contribution >= 0.6 is 0 Å². The van der Waals surface area contributed by atoms with E-state index in [1.807, 2.05) is 0 Å². The topological polar surface area (TPSA) is 21.3 Å². The number of anilines is 1. The third-order valence-electron chi connectivity index (χ3n) is 4.23. The summed E-state index contributed by atoms with van der Waals surface area (Å²) in [4.78, 5) is 0. The Hall–Kier alpha value is -1.96. The van der Waals surface area contributed by atoms with Gasteiger partial charge in [0.05, 0.1) is 7.11 Å². The summed E-state index contributed by atoms with van der Waals surface area (Å²) < 4.78 is 5.49. The fraction of sp³-hybridized carbons (Fsp3) is 0.368. The van der Waals surface area contributed by atoms with Gasteiger partial charge in [-0.25, -0.2) is 0 Å². The molecule has 1 N–H and O–H groups in total. The number of rotatable bonds is 4. The minimum Gasteiger partial charge on any atom is -0.496 e. The van der Waals surface area contributed by atoms with Gasteiger partial charge in [0.15, 0.2) is 0 Å². The Kier molecular flexibility index (Phi) is 4.56. The van der Waals surface area contributed by atoms with Crippen LogP contribution < -0.4 is 10.1 Å². The van der Waals surface area contributed by atoms with Gasteiger partial charge >= 0.3 is 0 Å². The molecule has 2 aromatic carbocycles. The number of hydrogen-bond donors (Lipinski definition) is 1. The quantitative estimate of drug-likeness (QED) is 0.866. The largest absolute Gasteiger partial charge is 0.496 e. The molecule has 0 spiro atoms. The molecule has 0 aliphatic heterocycles. The van der Waals surface area contributed by atoms with Crippen LogP contribution in [0.3, 0.4) is 0 Å². The molecule has 0 atom stereocenters. The van der Waals surface area contributed by atoms with Crippen LogP contribution in [0.1, 0.15) is 33.4 Å². The van der Waals surface area contributed by atoms with Crippen LogP contribution in [0.4, 0.5) is 5.69 Å². The SMILES string of the molecule is COc1c(C)ccc(NCc2cc(C)c(C)cc2C)c1C. The van der Waals surface area contributed by atoms with E-state index in [1.165, 1.54) is 33.4 Å². The summed E-state index contributed by atoms with van der Waals surface area (Å²) in [5.41, 5.74) is 8.84. The monoisotopic (exact) mass is 283 g/mol. The van der Waals surface area contributed by atoms with Crippen molar-refractivity contribution in [3.63, 3.8) is 0 Å². The van der Waals surface area contributed by atoms with E-state index in [2.05, 4.69) is 64.2 Å². The molecule has 0 aromatic heterocycles. The summed E-state index contributed by atoms with van der Waals surface area (Å²) in [5, 5.41) is 3.54. The van der Waals surface area contributed by atoms with Crippen LogP contribution in [0.15, 0.2) is 24.3 Å². The highest BCUT2D eigenvalue weighted by Gasteiger charge is 2.08. The maximum absolute atomic E-state index is 5.49. The Morgan fingerprint density at radius 1 is 0.857 bits per heavy atom.